The molecule has 1 unspecified atom stereocenters. The first-order valence-electron chi connectivity index (χ1n) is 6.25. The molecule has 2 saturated carbocycles. The highest BCUT2D eigenvalue weighted by Gasteiger charge is 2.72. The molecule has 0 aromatic rings. The van der Waals surface area contributed by atoms with E-state index < -0.39 is 17.6 Å². The predicted octanol–water partition coefficient (Wildman–Crippen LogP) is 1.91. The van der Waals surface area contributed by atoms with Crippen molar-refractivity contribution in [3.8, 4) is 0 Å². The molecule has 0 heterocycles. The van der Waals surface area contributed by atoms with Crippen molar-refractivity contribution in [3.05, 3.63) is 0 Å². The highest BCUT2D eigenvalue weighted by atomic mass is 16.5. The first-order chi connectivity index (χ1) is 8.06. The fraction of sp³-hybridized carbons (Fsp3) is 0.833. The average Bonchev–Trinajstić information content (AvgIpc) is 2.88. The van der Waals surface area contributed by atoms with Gasteiger partial charge in [0.05, 0.1) is 6.61 Å². The maximum Gasteiger partial charge on any atom is 0.408 e. The summed E-state index contributed by atoms with van der Waals surface area (Å²) in [5.41, 5.74) is -1.29. The number of amides is 1. The topological polar surface area (TPSA) is 75.6 Å². The minimum Gasteiger partial charge on any atom is -0.479 e. The molecule has 5 nitrogen and oxygen atoms in total. The van der Waals surface area contributed by atoms with Crippen molar-refractivity contribution < 1.29 is 19.4 Å². The highest BCUT2D eigenvalue weighted by molar-refractivity contribution is 5.89. The molecule has 0 saturated heterocycles. The monoisotopic (exact) mass is 241 g/mol. The van der Waals surface area contributed by atoms with Crippen LogP contribution in [0.25, 0.3) is 0 Å². The van der Waals surface area contributed by atoms with Gasteiger partial charge in [0.15, 0.2) is 0 Å². The van der Waals surface area contributed by atoms with Crippen molar-refractivity contribution in [1.29, 1.82) is 0 Å². The van der Waals surface area contributed by atoms with Gasteiger partial charge in [0.25, 0.3) is 0 Å². The van der Waals surface area contributed by atoms with Crippen LogP contribution in [-0.4, -0.2) is 29.3 Å². The lowest BCUT2D eigenvalue weighted by molar-refractivity contribution is -0.142. The largest absolute Gasteiger partial charge is 0.479 e. The zero-order chi connectivity index (χ0) is 12.5. The van der Waals surface area contributed by atoms with E-state index in [0.717, 1.165) is 32.1 Å². The number of nitrogens with one attached hydrogen (secondary N) is 1. The summed E-state index contributed by atoms with van der Waals surface area (Å²) >= 11 is 0. The van der Waals surface area contributed by atoms with Crippen LogP contribution in [0.3, 0.4) is 0 Å². The lowest BCUT2D eigenvalue weighted by Gasteiger charge is -2.27. The number of hydrogen-bond acceptors (Lipinski definition) is 3. The molecule has 1 spiro atoms. The van der Waals surface area contributed by atoms with Crippen molar-refractivity contribution in [2.45, 2.75) is 51.0 Å². The lowest BCUT2D eigenvalue weighted by atomic mass is 9.82. The number of carbonyl (C=O) groups is 2. The van der Waals surface area contributed by atoms with E-state index in [2.05, 4.69) is 5.32 Å². The van der Waals surface area contributed by atoms with Gasteiger partial charge in [0.1, 0.15) is 5.54 Å². The van der Waals surface area contributed by atoms with E-state index in [0.29, 0.717) is 6.42 Å². The number of ether oxygens (including phenoxy) is 1. The average molecular weight is 241 g/mol. The zero-order valence-corrected chi connectivity index (χ0v) is 10.1. The number of hydrogen-bond donors (Lipinski definition) is 2. The smallest absolute Gasteiger partial charge is 0.408 e. The number of carbonyl (C=O) groups excluding carboxylic acids is 1. The van der Waals surface area contributed by atoms with Crippen LogP contribution in [-0.2, 0) is 9.53 Å². The minimum absolute atomic E-state index is 0.218. The van der Waals surface area contributed by atoms with Gasteiger partial charge in [0, 0.05) is 5.41 Å². The van der Waals surface area contributed by atoms with Crippen molar-refractivity contribution in [2.75, 3.05) is 6.61 Å². The molecule has 1 atom stereocenters. The molecule has 1 amide bonds. The van der Waals surface area contributed by atoms with Crippen molar-refractivity contribution in [3.63, 3.8) is 0 Å². The van der Waals surface area contributed by atoms with Crippen LogP contribution < -0.4 is 5.32 Å². The van der Waals surface area contributed by atoms with Gasteiger partial charge in [0.2, 0.25) is 0 Å². The van der Waals surface area contributed by atoms with E-state index in [1.54, 1.807) is 6.92 Å². The van der Waals surface area contributed by atoms with Gasteiger partial charge in [-0.15, -0.1) is 0 Å². The van der Waals surface area contributed by atoms with Crippen molar-refractivity contribution >= 4 is 12.1 Å². The van der Waals surface area contributed by atoms with Crippen molar-refractivity contribution in [1.82, 2.24) is 5.32 Å². The van der Waals surface area contributed by atoms with Crippen LogP contribution >= 0.6 is 0 Å². The third-order valence-corrected chi connectivity index (χ3v) is 4.15. The van der Waals surface area contributed by atoms with Crippen LogP contribution in [0.2, 0.25) is 0 Å². The number of carboxylic acids is 1. The molecule has 5 heteroatoms. The Morgan fingerprint density at radius 1 is 1.29 bits per heavy atom. The van der Waals surface area contributed by atoms with Gasteiger partial charge in [-0.3, -0.25) is 0 Å². The van der Waals surface area contributed by atoms with Gasteiger partial charge in [-0.1, -0.05) is 19.3 Å². The maximum atomic E-state index is 11.4. The van der Waals surface area contributed by atoms with E-state index in [1.165, 1.54) is 0 Å². The van der Waals surface area contributed by atoms with E-state index >= 15 is 0 Å². The van der Waals surface area contributed by atoms with E-state index in [4.69, 9.17) is 4.74 Å². The third kappa shape index (κ3) is 1.87. The summed E-state index contributed by atoms with van der Waals surface area (Å²) in [7, 11) is 0. The van der Waals surface area contributed by atoms with Crippen molar-refractivity contribution in [2.24, 2.45) is 5.41 Å². The zero-order valence-electron chi connectivity index (χ0n) is 10.1. The predicted molar refractivity (Wildman–Crippen MR) is 60.7 cm³/mol. The van der Waals surface area contributed by atoms with Gasteiger partial charge >= 0.3 is 12.1 Å². The van der Waals surface area contributed by atoms with Gasteiger partial charge in [-0.2, -0.15) is 0 Å². The second kappa shape index (κ2) is 4.20. The highest BCUT2D eigenvalue weighted by Crippen LogP contribution is 2.64. The summed E-state index contributed by atoms with van der Waals surface area (Å²) in [6.07, 6.45) is 5.00. The summed E-state index contributed by atoms with van der Waals surface area (Å²) in [5, 5.41) is 11.9. The van der Waals surface area contributed by atoms with Crippen LogP contribution in [0.5, 0.6) is 0 Å². The van der Waals surface area contributed by atoms with Gasteiger partial charge < -0.3 is 15.2 Å². The van der Waals surface area contributed by atoms with Crippen LogP contribution in [0.4, 0.5) is 4.79 Å². The van der Waals surface area contributed by atoms with E-state index in [1.807, 2.05) is 0 Å². The Kier molecular flexibility index (Phi) is 3.02. The lowest BCUT2D eigenvalue weighted by Crippen LogP contribution is -2.48. The molecule has 96 valence electrons. The first kappa shape index (κ1) is 12.2. The molecule has 17 heavy (non-hydrogen) atoms. The molecule has 0 aliphatic heterocycles. The Morgan fingerprint density at radius 2 is 1.94 bits per heavy atom. The molecule has 2 fully saturated rings. The van der Waals surface area contributed by atoms with Gasteiger partial charge in [-0.25, -0.2) is 9.59 Å². The molecule has 2 N–H and O–H groups in total. The standard InChI is InChI=1S/C12H19NO4/c1-2-17-10(16)13-12(9(14)15)8-11(12)6-4-3-5-7-11/h2-8H2,1H3,(H,13,16)(H,14,15). The maximum absolute atomic E-state index is 11.4. The Hall–Kier alpha value is -1.26. The SMILES string of the molecule is CCOC(=O)NC1(C(=O)O)CC12CCCCC2. The summed E-state index contributed by atoms with van der Waals surface area (Å²) in [6.45, 7) is 1.96. The fourth-order valence-corrected chi connectivity index (χ4v) is 3.17. The number of alkyl carbamates (subject to hydrolysis) is 1. The Morgan fingerprint density at radius 3 is 2.47 bits per heavy atom. The summed E-state index contributed by atoms with van der Waals surface area (Å²) in [6, 6.07) is 0. The number of aliphatic carboxylic acids is 1. The fourth-order valence-electron chi connectivity index (χ4n) is 3.17. The van der Waals surface area contributed by atoms with Crippen LogP contribution in [0.1, 0.15) is 45.4 Å². The molecule has 0 aromatic heterocycles. The molecular weight excluding hydrogens is 222 g/mol. The number of rotatable bonds is 3. The van der Waals surface area contributed by atoms with Crippen LogP contribution in [0, 0.1) is 5.41 Å². The summed E-state index contributed by atoms with van der Waals surface area (Å²) in [5.74, 6) is -0.924. The summed E-state index contributed by atoms with van der Waals surface area (Å²) in [4.78, 5) is 22.9. The van der Waals surface area contributed by atoms with E-state index in [9.17, 15) is 14.7 Å². The quantitative estimate of drug-likeness (QED) is 0.791. The second-order valence-electron chi connectivity index (χ2n) is 5.07. The van der Waals surface area contributed by atoms with E-state index in [-0.39, 0.29) is 12.0 Å². The molecule has 2 aliphatic rings. The number of carboxylic acid groups (broad SMARTS) is 1. The third-order valence-electron chi connectivity index (χ3n) is 4.15. The molecule has 2 rings (SSSR count). The van der Waals surface area contributed by atoms with Gasteiger partial charge in [-0.05, 0) is 26.2 Å². The normalized spacial score (nSPS) is 29.7. The first-order valence-corrected chi connectivity index (χ1v) is 6.25. The molecule has 0 radical (unpaired) electrons. The minimum atomic E-state index is -1.07. The Bertz CT molecular complexity index is 335. The second-order valence-corrected chi connectivity index (χ2v) is 5.07. The molecule has 0 bridgehead atoms. The van der Waals surface area contributed by atoms with Crippen LogP contribution in [0.15, 0.2) is 0 Å². The molecule has 2 aliphatic carbocycles. The molecule has 0 aromatic carbocycles. The Labute approximate surface area is 101 Å². The molecular formula is C12H19NO4. The summed E-state index contributed by atoms with van der Waals surface area (Å²) < 4.78 is 4.79. The Balaban J connectivity index is 2.08.